The van der Waals surface area contributed by atoms with Crippen molar-refractivity contribution in [1.29, 1.82) is 0 Å². The highest BCUT2D eigenvalue weighted by Gasteiger charge is 2.45. The highest BCUT2D eigenvalue weighted by atomic mass is 16.2. The molecule has 2 aliphatic rings. The fourth-order valence-corrected chi connectivity index (χ4v) is 2.54. The number of carbonyl (C=O) groups is 1. The van der Waals surface area contributed by atoms with Crippen molar-refractivity contribution in [1.82, 2.24) is 10.2 Å². The number of amides is 1. The first-order valence-corrected chi connectivity index (χ1v) is 6.15. The normalized spacial score (nSPS) is 37.1. The van der Waals surface area contributed by atoms with Gasteiger partial charge in [0.25, 0.3) is 0 Å². The molecule has 2 unspecified atom stereocenters. The predicted octanol–water partition coefficient (Wildman–Crippen LogP) is 1.73. The van der Waals surface area contributed by atoms with Gasteiger partial charge in [0, 0.05) is 6.54 Å². The van der Waals surface area contributed by atoms with Crippen LogP contribution in [0.25, 0.3) is 0 Å². The molecule has 1 aliphatic heterocycles. The molecule has 2 atom stereocenters. The van der Waals surface area contributed by atoms with Crippen LogP contribution in [-0.4, -0.2) is 29.1 Å². The molecule has 1 heterocycles. The van der Waals surface area contributed by atoms with Gasteiger partial charge < -0.3 is 4.90 Å². The van der Waals surface area contributed by atoms with Gasteiger partial charge >= 0.3 is 0 Å². The molecule has 3 nitrogen and oxygen atoms in total. The molecule has 86 valence electrons. The minimum absolute atomic E-state index is 0.211. The summed E-state index contributed by atoms with van der Waals surface area (Å²) in [6.45, 7) is 7.15. The first kappa shape index (κ1) is 10.9. The van der Waals surface area contributed by atoms with Gasteiger partial charge in [0.05, 0.1) is 11.7 Å². The van der Waals surface area contributed by atoms with Crippen LogP contribution in [0.15, 0.2) is 0 Å². The molecule has 2 fully saturated rings. The van der Waals surface area contributed by atoms with E-state index in [2.05, 4.69) is 19.2 Å². The monoisotopic (exact) mass is 210 g/mol. The Labute approximate surface area is 92.2 Å². The predicted molar refractivity (Wildman–Crippen MR) is 60.3 cm³/mol. The molecular formula is C12H22N2O. The standard InChI is InChI=1S/C12H22N2O/c1-4-12(3)11(15)14(9(2)13-12)8-10-6-5-7-10/h9-10,13H,4-8H2,1-3H3. The van der Waals surface area contributed by atoms with Crippen molar-refractivity contribution in [3.63, 3.8) is 0 Å². The van der Waals surface area contributed by atoms with E-state index in [0.717, 1.165) is 18.9 Å². The molecule has 0 aromatic rings. The molecule has 3 heteroatoms. The van der Waals surface area contributed by atoms with E-state index in [1.165, 1.54) is 19.3 Å². The van der Waals surface area contributed by atoms with Crippen LogP contribution in [-0.2, 0) is 4.79 Å². The van der Waals surface area contributed by atoms with Gasteiger partial charge in [-0.3, -0.25) is 10.1 Å². The topological polar surface area (TPSA) is 32.3 Å². The van der Waals surface area contributed by atoms with Crippen LogP contribution in [0.1, 0.15) is 46.5 Å². The van der Waals surface area contributed by atoms with E-state index in [0.29, 0.717) is 5.91 Å². The van der Waals surface area contributed by atoms with E-state index in [1.807, 2.05) is 11.8 Å². The maximum Gasteiger partial charge on any atom is 0.243 e. The maximum absolute atomic E-state index is 12.2. The smallest absolute Gasteiger partial charge is 0.243 e. The Morgan fingerprint density at radius 1 is 1.53 bits per heavy atom. The molecule has 2 rings (SSSR count). The van der Waals surface area contributed by atoms with E-state index < -0.39 is 0 Å². The number of rotatable bonds is 3. The summed E-state index contributed by atoms with van der Waals surface area (Å²) in [5, 5.41) is 3.41. The van der Waals surface area contributed by atoms with Crippen molar-refractivity contribution >= 4 is 5.91 Å². The molecule has 15 heavy (non-hydrogen) atoms. The van der Waals surface area contributed by atoms with E-state index in [4.69, 9.17) is 0 Å². The highest BCUT2D eigenvalue weighted by molar-refractivity contribution is 5.88. The lowest BCUT2D eigenvalue weighted by molar-refractivity contribution is -0.133. The van der Waals surface area contributed by atoms with Gasteiger partial charge in [-0.25, -0.2) is 0 Å². The lowest BCUT2D eigenvalue weighted by Crippen LogP contribution is -2.43. The van der Waals surface area contributed by atoms with Crippen LogP contribution in [0.3, 0.4) is 0 Å². The van der Waals surface area contributed by atoms with Gasteiger partial charge in [-0.05, 0) is 39.0 Å². The van der Waals surface area contributed by atoms with Crippen LogP contribution < -0.4 is 5.32 Å². The molecule has 0 radical (unpaired) electrons. The van der Waals surface area contributed by atoms with E-state index in [1.54, 1.807) is 0 Å². The number of hydrogen-bond donors (Lipinski definition) is 1. The number of nitrogens with zero attached hydrogens (tertiary/aromatic N) is 1. The van der Waals surface area contributed by atoms with Gasteiger partial charge in [-0.1, -0.05) is 13.3 Å². The van der Waals surface area contributed by atoms with Crippen molar-refractivity contribution in [2.45, 2.75) is 58.2 Å². The molecule has 0 bridgehead atoms. The Bertz CT molecular complexity index is 262. The summed E-state index contributed by atoms with van der Waals surface area (Å²) in [5.74, 6) is 1.06. The minimum atomic E-state index is -0.316. The van der Waals surface area contributed by atoms with Crippen LogP contribution in [0.4, 0.5) is 0 Å². The molecule has 1 saturated carbocycles. The van der Waals surface area contributed by atoms with Gasteiger partial charge in [0.1, 0.15) is 0 Å². The summed E-state index contributed by atoms with van der Waals surface area (Å²) >= 11 is 0. The quantitative estimate of drug-likeness (QED) is 0.769. The average molecular weight is 210 g/mol. The average Bonchev–Trinajstić information content (AvgIpc) is 2.34. The van der Waals surface area contributed by atoms with E-state index >= 15 is 0 Å². The number of hydrogen-bond acceptors (Lipinski definition) is 2. The summed E-state index contributed by atoms with van der Waals surface area (Å²) in [6, 6.07) is 0. The zero-order valence-corrected chi connectivity index (χ0v) is 10.0. The minimum Gasteiger partial charge on any atom is -0.326 e. The Kier molecular flexibility index (Phi) is 2.75. The van der Waals surface area contributed by atoms with Crippen LogP contribution in [0.5, 0.6) is 0 Å². The molecular weight excluding hydrogens is 188 g/mol. The van der Waals surface area contributed by atoms with Crippen molar-refractivity contribution in [3.8, 4) is 0 Å². The maximum atomic E-state index is 12.2. The third-order valence-corrected chi connectivity index (χ3v) is 4.11. The van der Waals surface area contributed by atoms with Crippen molar-refractivity contribution < 1.29 is 4.79 Å². The fraction of sp³-hybridized carbons (Fsp3) is 0.917. The molecule has 1 saturated heterocycles. The largest absolute Gasteiger partial charge is 0.326 e. The van der Waals surface area contributed by atoms with Gasteiger partial charge in [-0.2, -0.15) is 0 Å². The van der Waals surface area contributed by atoms with E-state index in [9.17, 15) is 4.79 Å². The summed E-state index contributed by atoms with van der Waals surface area (Å²) in [4.78, 5) is 14.2. The Morgan fingerprint density at radius 2 is 2.20 bits per heavy atom. The summed E-state index contributed by atoms with van der Waals surface area (Å²) < 4.78 is 0. The second kappa shape index (κ2) is 3.78. The summed E-state index contributed by atoms with van der Waals surface area (Å²) in [5.41, 5.74) is -0.316. The second-order valence-electron chi connectivity index (χ2n) is 5.26. The number of nitrogens with one attached hydrogen (secondary N) is 1. The summed E-state index contributed by atoms with van der Waals surface area (Å²) in [6.07, 6.45) is 5.04. The Hall–Kier alpha value is -0.570. The Balaban J connectivity index is 2.02. The first-order valence-electron chi connectivity index (χ1n) is 6.15. The zero-order valence-electron chi connectivity index (χ0n) is 10.0. The SMILES string of the molecule is CCC1(C)NC(C)N(CC2CCC2)C1=O. The van der Waals surface area contributed by atoms with Crippen LogP contribution in [0, 0.1) is 5.92 Å². The zero-order chi connectivity index (χ0) is 11.1. The van der Waals surface area contributed by atoms with Gasteiger partial charge in [-0.15, -0.1) is 0 Å². The molecule has 0 aromatic heterocycles. The third kappa shape index (κ3) is 1.78. The molecule has 1 N–H and O–H groups in total. The molecule has 1 amide bonds. The number of carbonyl (C=O) groups excluding carboxylic acids is 1. The third-order valence-electron chi connectivity index (χ3n) is 4.11. The van der Waals surface area contributed by atoms with Crippen molar-refractivity contribution in [2.24, 2.45) is 5.92 Å². The van der Waals surface area contributed by atoms with Crippen LogP contribution >= 0.6 is 0 Å². The van der Waals surface area contributed by atoms with Crippen LogP contribution in [0.2, 0.25) is 0 Å². The first-order chi connectivity index (χ1) is 7.07. The molecule has 1 aliphatic carbocycles. The van der Waals surface area contributed by atoms with Gasteiger partial charge in [0.15, 0.2) is 0 Å². The Morgan fingerprint density at radius 3 is 2.60 bits per heavy atom. The van der Waals surface area contributed by atoms with E-state index in [-0.39, 0.29) is 11.7 Å². The second-order valence-corrected chi connectivity index (χ2v) is 5.26. The molecule has 0 spiro atoms. The van der Waals surface area contributed by atoms with Crippen molar-refractivity contribution in [2.75, 3.05) is 6.54 Å². The lowest BCUT2D eigenvalue weighted by Gasteiger charge is -2.32. The van der Waals surface area contributed by atoms with Gasteiger partial charge in [0.2, 0.25) is 5.91 Å². The summed E-state index contributed by atoms with van der Waals surface area (Å²) in [7, 11) is 0. The highest BCUT2D eigenvalue weighted by Crippen LogP contribution is 2.31. The lowest BCUT2D eigenvalue weighted by atomic mass is 9.85. The fourth-order valence-electron chi connectivity index (χ4n) is 2.54. The van der Waals surface area contributed by atoms with Crippen molar-refractivity contribution in [3.05, 3.63) is 0 Å². The molecule has 0 aromatic carbocycles.